The van der Waals surface area contributed by atoms with Crippen LogP contribution in [0, 0.1) is 0 Å². The Morgan fingerprint density at radius 3 is 2.71 bits per heavy atom. The average molecular weight is 288 g/mol. The van der Waals surface area contributed by atoms with Crippen molar-refractivity contribution >= 4 is 11.7 Å². The Labute approximate surface area is 121 Å². The van der Waals surface area contributed by atoms with Crippen LogP contribution in [0.15, 0.2) is 28.8 Å². The third-order valence-electron chi connectivity index (χ3n) is 3.65. The standard InChI is InChI=1S/C15H16N2O4/c1-20-10-4-5-13(17-6-2-3-7-17)11(8-10)12-9-14(15(18)19)21-16-12/h4-5,8-9H,2-3,6-7H2,1H3,(H,18,19). The van der Waals surface area contributed by atoms with E-state index in [2.05, 4.69) is 10.1 Å². The summed E-state index contributed by atoms with van der Waals surface area (Å²) < 4.78 is 10.1. The zero-order valence-corrected chi connectivity index (χ0v) is 11.7. The van der Waals surface area contributed by atoms with E-state index in [1.807, 2.05) is 18.2 Å². The Balaban J connectivity index is 2.06. The van der Waals surface area contributed by atoms with E-state index in [1.165, 1.54) is 6.07 Å². The van der Waals surface area contributed by atoms with Gasteiger partial charge in [0.2, 0.25) is 5.76 Å². The van der Waals surface area contributed by atoms with Gasteiger partial charge in [-0.3, -0.25) is 0 Å². The summed E-state index contributed by atoms with van der Waals surface area (Å²) in [7, 11) is 1.60. The summed E-state index contributed by atoms with van der Waals surface area (Å²) >= 11 is 0. The molecule has 0 amide bonds. The van der Waals surface area contributed by atoms with Gasteiger partial charge >= 0.3 is 5.97 Å². The Kier molecular flexibility index (Phi) is 3.51. The van der Waals surface area contributed by atoms with Crippen molar-refractivity contribution in [2.75, 3.05) is 25.1 Å². The van der Waals surface area contributed by atoms with Crippen molar-refractivity contribution in [3.05, 3.63) is 30.0 Å². The molecule has 1 fully saturated rings. The first-order valence-electron chi connectivity index (χ1n) is 6.82. The van der Waals surface area contributed by atoms with Crippen LogP contribution in [0.2, 0.25) is 0 Å². The predicted octanol–water partition coefficient (Wildman–Crippen LogP) is 2.65. The summed E-state index contributed by atoms with van der Waals surface area (Å²) in [6.07, 6.45) is 2.31. The van der Waals surface area contributed by atoms with Crippen molar-refractivity contribution in [3.8, 4) is 17.0 Å². The van der Waals surface area contributed by atoms with Crippen LogP contribution in [0.3, 0.4) is 0 Å². The lowest BCUT2D eigenvalue weighted by atomic mass is 10.1. The molecule has 1 aliphatic heterocycles. The monoisotopic (exact) mass is 288 g/mol. The van der Waals surface area contributed by atoms with Crippen LogP contribution in [-0.2, 0) is 0 Å². The van der Waals surface area contributed by atoms with Crippen LogP contribution in [-0.4, -0.2) is 36.4 Å². The van der Waals surface area contributed by atoms with Gasteiger partial charge in [0.15, 0.2) is 0 Å². The molecule has 1 aliphatic rings. The van der Waals surface area contributed by atoms with E-state index in [4.69, 9.17) is 14.4 Å². The van der Waals surface area contributed by atoms with Gasteiger partial charge in [-0.25, -0.2) is 4.79 Å². The fourth-order valence-electron chi connectivity index (χ4n) is 2.58. The molecule has 6 heteroatoms. The molecule has 0 aliphatic carbocycles. The molecule has 0 spiro atoms. The van der Waals surface area contributed by atoms with E-state index >= 15 is 0 Å². The Morgan fingerprint density at radius 1 is 1.33 bits per heavy atom. The fraction of sp³-hybridized carbons (Fsp3) is 0.333. The zero-order chi connectivity index (χ0) is 14.8. The molecule has 110 valence electrons. The average Bonchev–Trinajstić information content (AvgIpc) is 3.18. The van der Waals surface area contributed by atoms with Crippen LogP contribution in [0.5, 0.6) is 5.75 Å². The van der Waals surface area contributed by atoms with Crippen LogP contribution in [0.4, 0.5) is 5.69 Å². The topological polar surface area (TPSA) is 75.8 Å². The maximum absolute atomic E-state index is 10.9. The lowest BCUT2D eigenvalue weighted by Gasteiger charge is -2.21. The maximum Gasteiger partial charge on any atom is 0.374 e. The number of benzene rings is 1. The van der Waals surface area contributed by atoms with Crippen molar-refractivity contribution < 1.29 is 19.2 Å². The van der Waals surface area contributed by atoms with Gasteiger partial charge < -0.3 is 19.3 Å². The van der Waals surface area contributed by atoms with Crippen molar-refractivity contribution in [1.29, 1.82) is 0 Å². The van der Waals surface area contributed by atoms with E-state index in [0.29, 0.717) is 11.4 Å². The third-order valence-corrected chi connectivity index (χ3v) is 3.65. The van der Waals surface area contributed by atoms with Gasteiger partial charge in [-0.1, -0.05) is 5.16 Å². The molecule has 6 nitrogen and oxygen atoms in total. The predicted molar refractivity (Wildman–Crippen MR) is 76.9 cm³/mol. The highest BCUT2D eigenvalue weighted by Crippen LogP contribution is 2.35. The number of hydrogen-bond acceptors (Lipinski definition) is 5. The number of aromatic nitrogens is 1. The summed E-state index contributed by atoms with van der Waals surface area (Å²) in [6, 6.07) is 7.18. The summed E-state index contributed by atoms with van der Waals surface area (Å²) in [6.45, 7) is 1.98. The van der Waals surface area contributed by atoms with Crippen molar-refractivity contribution in [2.45, 2.75) is 12.8 Å². The first-order valence-corrected chi connectivity index (χ1v) is 6.82. The van der Waals surface area contributed by atoms with Gasteiger partial charge in [0, 0.05) is 30.4 Å². The number of ether oxygens (including phenoxy) is 1. The summed E-state index contributed by atoms with van der Waals surface area (Å²) in [5, 5.41) is 12.8. The number of carboxylic acids is 1. The lowest BCUT2D eigenvalue weighted by Crippen LogP contribution is -2.18. The molecule has 1 saturated heterocycles. The van der Waals surface area contributed by atoms with E-state index in [1.54, 1.807) is 7.11 Å². The number of rotatable bonds is 4. The normalized spacial score (nSPS) is 14.4. The molecular weight excluding hydrogens is 272 g/mol. The van der Waals surface area contributed by atoms with Crippen LogP contribution in [0.1, 0.15) is 23.4 Å². The van der Waals surface area contributed by atoms with Gasteiger partial charge in [-0.05, 0) is 31.0 Å². The molecule has 3 rings (SSSR count). The smallest absolute Gasteiger partial charge is 0.374 e. The van der Waals surface area contributed by atoms with Gasteiger partial charge in [0.25, 0.3) is 0 Å². The maximum atomic E-state index is 10.9. The minimum absolute atomic E-state index is 0.166. The quantitative estimate of drug-likeness (QED) is 0.932. The Hall–Kier alpha value is -2.50. The summed E-state index contributed by atoms with van der Waals surface area (Å²) in [4.78, 5) is 13.2. The van der Waals surface area contributed by atoms with E-state index in [-0.39, 0.29) is 5.76 Å². The molecule has 0 saturated carbocycles. The van der Waals surface area contributed by atoms with Gasteiger partial charge in [-0.15, -0.1) is 0 Å². The van der Waals surface area contributed by atoms with E-state index < -0.39 is 5.97 Å². The zero-order valence-electron chi connectivity index (χ0n) is 11.7. The van der Waals surface area contributed by atoms with Crippen LogP contribution >= 0.6 is 0 Å². The highest BCUT2D eigenvalue weighted by molar-refractivity contribution is 5.87. The first-order chi connectivity index (χ1) is 10.2. The molecule has 1 aromatic carbocycles. The molecule has 1 aromatic heterocycles. The van der Waals surface area contributed by atoms with Crippen molar-refractivity contribution in [3.63, 3.8) is 0 Å². The SMILES string of the molecule is COc1ccc(N2CCCC2)c(-c2cc(C(=O)O)on2)c1. The first kappa shape index (κ1) is 13.5. The van der Waals surface area contributed by atoms with E-state index in [0.717, 1.165) is 37.2 Å². The number of carbonyl (C=O) groups is 1. The second-order valence-electron chi connectivity index (χ2n) is 4.96. The summed E-state index contributed by atoms with van der Waals surface area (Å²) in [5.74, 6) is -0.590. The highest BCUT2D eigenvalue weighted by atomic mass is 16.5. The molecule has 0 atom stereocenters. The molecule has 2 heterocycles. The second-order valence-corrected chi connectivity index (χ2v) is 4.96. The number of nitrogens with zero attached hydrogens (tertiary/aromatic N) is 2. The van der Waals surface area contributed by atoms with Crippen LogP contribution in [0.25, 0.3) is 11.3 Å². The highest BCUT2D eigenvalue weighted by Gasteiger charge is 2.20. The molecule has 0 radical (unpaired) electrons. The summed E-state index contributed by atoms with van der Waals surface area (Å²) in [5.41, 5.74) is 2.36. The third kappa shape index (κ3) is 2.56. The largest absolute Gasteiger partial charge is 0.497 e. The van der Waals surface area contributed by atoms with E-state index in [9.17, 15) is 4.79 Å². The van der Waals surface area contributed by atoms with Gasteiger partial charge in [0.1, 0.15) is 11.4 Å². The minimum Gasteiger partial charge on any atom is -0.497 e. The lowest BCUT2D eigenvalue weighted by molar-refractivity contribution is 0.0652. The molecule has 0 bridgehead atoms. The number of carboxylic acid groups (broad SMARTS) is 1. The Morgan fingerprint density at radius 2 is 2.10 bits per heavy atom. The number of methoxy groups -OCH3 is 1. The molecule has 0 unspecified atom stereocenters. The Bertz CT molecular complexity index is 659. The van der Waals surface area contributed by atoms with Gasteiger partial charge in [0.05, 0.1) is 7.11 Å². The second kappa shape index (κ2) is 5.47. The van der Waals surface area contributed by atoms with Crippen molar-refractivity contribution in [1.82, 2.24) is 5.16 Å². The fourth-order valence-corrected chi connectivity index (χ4v) is 2.58. The number of anilines is 1. The molecular formula is C15H16N2O4. The molecule has 21 heavy (non-hydrogen) atoms. The van der Waals surface area contributed by atoms with Crippen LogP contribution < -0.4 is 9.64 Å². The molecule has 2 aromatic rings. The minimum atomic E-state index is -1.13. The number of aromatic carboxylic acids is 1. The van der Waals surface area contributed by atoms with Gasteiger partial charge in [-0.2, -0.15) is 0 Å². The van der Waals surface area contributed by atoms with Crippen molar-refractivity contribution in [2.24, 2.45) is 0 Å². The molecule has 1 N–H and O–H groups in total. The number of hydrogen-bond donors (Lipinski definition) is 1.